The molecule has 1 aliphatic heterocycles. The fraction of sp³-hybridized carbons (Fsp3) is 0.500. The number of piperidine rings is 1. The van der Waals surface area contributed by atoms with Crippen LogP contribution in [0, 0.1) is 0 Å². The maximum atomic E-state index is 15.1. The molecule has 2 aliphatic rings. The van der Waals surface area contributed by atoms with Gasteiger partial charge in [0.2, 0.25) is 0 Å². The lowest BCUT2D eigenvalue weighted by Crippen LogP contribution is -2.34. The summed E-state index contributed by atoms with van der Waals surface area (Å²) in [5.41, 5.74) is 1.67. The van der Waals surface area contributed by atoms with Crippen molar-refractivity contribution >= 4 is 22.4 Å². The number of hydrogen-bond donors (Lipinski definition) is 0. The van der Waals surface area contributed by atoms with E-state index in [1.165, 1.54) is 0 Å². The Morgan fingerprint density at radius 1 is 1.11 bits per heavy atom. The molecule has 1 saturated heterocycles. The molecule has 0 amide bonds. The molecule has 3 aromatic rings. The second kappa shape index (κ2) is 9.96. The van der Waals surface area contributed by atoms with Crippen LogP contribution in [0.25, 0.3) is 10.9 Å². The Hall–Kier alpha value is -2.96. The van der Waals surface area contributed by atoms with Gasteiger partial charge in [0.1, 0.15) is 24.8 Å². The van der Waals surface area contributed by atoms with Crippen molar-refractivity contribution in [3.05, 3.63) is 53.9 Å². The van der Waals surface area contributed by atoms with Crippen molar-refractivity contribution in [1.82, 2.24) is 9.97 Å². The monoisotopic (exact) mass is 480 g/mol. The number of benzene rings is 2. The van der Waals surface area contributed by atoms with Crippen molar-refractivity contribution in [2.75, 3.05) is 49.8 Å². The van der Waals surface area contributed by atoms with Gasteiger partial charge in [-0.3, -0.25) is 0 Å². The van der Waals surface area contributed by atoms with E-state index in [0.29, 0.717) is 24.6 Å². The number of aromatic nitrogens is 2. The third-order valence-electron chi connectivity index (χ3n) is 7.24. The molecular formula is C28H34F2N4O. The Kier molecular flexibility index (Phi) is 6.76. The summed E-state index contributed by atoms with van der Waals surface area (Å²) in [6.45, 7) is 4.32. The van der Waals surface area contributed by atoms with Gasteiger partial charge in [-0.2, -0.15) is 0 Å². The Labute approximate surface area is 206 Å². The summed E-state index contributed by atoms with van der Waals surface area (Å²) < 4.78 is 33.4. The molecule has 1 aromatic heterocycles. The first kappa shape index (κ1) is 23.8. The molecule has 2 heterocycles. The quantitative estimate of drug-likeness (QED) is 0.367. The lowest BCUT2D eigenvalue weighted by molar-refractivity contribution is 0.268. The van der Waals surface area contributed by atoms with Crippen LogP contribution < -0.4 is 14.5 Å². The summed E-state index contributed by atoms with van der Waals surface area (Å²) in [6, 6.07) is 14.2. The van der Waals surface area contributed by atoms with E-state index in [-0.39, 0.29) is 6.61 Å². The van der Waals surface area contributed by atoms with Crippen LogP contribution in [-0.4, -0.2) is 49.9 Å². The lowest BCUT2D eigenvalue weighted by atomic mass is 9.88. The Morgan fingerprint density at radius 3 is 2.60 bits per heavy atom. The van der Waals surface area contributed by atoms with Crippen LogP contribution in [0.1, 0.15) is 56.3 Å². The SMILES string of the molecule is CCCN(C)c1ccc2nc(C3(F)CC3)nc(N3CCC(c4ccccc4OCCF)CC3)c2c1. The summed E-state index contributed by atoms with van der Waals surface area (Å²) in [5.74, 6) is 2.26. The molecule has 7 heteroatoms. The second-order valence-corrected chi connectivity index (χ2v) is 9.80. The van der Waals surface area contributed by atoms with Crippen molar-refractivity contribution in [2.45, 2.75) is 50.6 Å². The number of ether oxygens (including phenoxy) is 1. The number of anilines is 2. The predicted octanol–water partition coefficient (Wildman–Crippen LogP) is 6.17. The zero-order valence-electron chi connectivity index (χ0n) is 20.6. The standard InChI is InChI=1S/C28H34F2N4O/c1-3-15-33(2)21-8-9-24-23(19-21)26(32-27(31-24)28(30)12-13-28)34-16-10-20(11-17-34)22-6-4-5-7-25(22)35-18-14-29/h4-9,19-20H,3,10-18H2,1-2H3. The fourth-order valence-electron chi connectivity index (χ4n) is 5.08. The molecule has 2 aromatic carbocycles. The lowest BCUT2D eigenvalue weighted by Gasteiger charge is -2.34. The second-order valence-electron chi connectivity index (χ2n) is 9.80. The molecular weight excluding hydrogens is 446 g/mol. The minimum absolute atomic E-state index is 0.0748. The van der Waals surface area contributed by atoms with Crippen molar-refractivity contribution in [3.8, 4) is 5.75 Å². The van der Waals surface area contributed by atoms with E-state index in [2.05, 4.69) is 47.0 Å². The molecule has 0 atom stereocenters. The van der Waals surface area contributed by atoms with Gasteiger partial charge in [0.25, 0.3) is 0 Å². The van der Waals surface area contributed by atoms with Crippen molar-refractivity contribution in [3.63, 3.8) is 0 Å². The number of halogens is 2. The highest BCUT2D eigenvalue weighted by atomic mass is 19.1. The summed E-state index contributed by atoms with van der Waals surface area (Å²) in [6.07, 6.45) is 3.89. The van der Waals surface area contributed by atoms with E-state index < -0.39 is 12.3 Å². The smallest absolute Gasteiger partial charge is 0.170 e. The van der Waals surface area contributed by atoms with E-state index in [9.17, 15) is 4.39 Å². The van der Waals surface area contributed by atoms with Crippen LogP contribution in [0.15, 0.2) is 42.5 Å². The molecule has 2 fully saturated rings. The minimum atomic E-state index is -1.38. The molecule has 5 rings (SSSR count). The van der Waals surface area contributed by atoms with Crippen LogP contribution in [0.2, 0.25) is 0 Å². The van der Waals surface area contributed by atoms with E-state index in [1.807, 2.05) is 24.3 Å². The van der Waals surface area contributed by atoms with Gasteiger partial charge in [-0.25, -0.2) is 18.7 Å². The van der Waals surface area contributed by atoms with Crippen LogP contribution in [0.4, 0.5) is 20.3 Å². The highest BCUT2D eigenvalue weighted by Gasteiger charge is 2.48. The largest absolute Gasteiger partial charge is 0.491 e. The van der Waals surface area contributed by atoms with Gasteiger partial charge in [-0.05, 0) is 67.9 Å². The molecule has 0 N–H and O–H groups in total. The first-order chi connectivity index (χ1) is 17.0. The van der Waals surface area contributed by atoms with Gasteiger partial charge in [-0.15, -0.1) is 0 Å². The normalized spacial score (nSPS) is 17.5. The summed E-state index contributed by atoms with van der Waals surface area (Å²) >= 11 is 0. The minimum Gasteiger partial charge on any atom is -0.491 e. The van der Waals surface area contributed by atoms with Crippen LogP contribution in [0.3, 0.4) is 0 Å². The number of nitrogens with zero attached hydrogens (tertiary/aromatic N) is 4. The Morgan fingerprint density at radius 2 is 1.89 bits per heavy atom. The maximum Gasteiger partial charge on any atom is 0.170 e. The Bertz CT molecular complexity index is 1170. The summed E-state index contributed by atoms with van der Waals surface area (Å²) in [7, 11) is 2.09. The zero-order chi connectivity index (χ0) is 24.4. The summed E-state index contributed by atoms with van der Waals surface area (Å²) in [5, 5.41) is 0.976. The number of fused-ring (bicyclic) bond motifs is 1. The van der Waals surface area contributed by atoms with Gasteiger partial charge in [0, 0.05) is 37.8 Å². The topological polar surface area (TPSA) is 41.5 Å². The van der Waals surface area contributed by atoms with Gasteiger partial charge < -0.3 is 14.5 Å². The van der Waals surface area contributed by atoms with Crippen molar-refractivity contribution in [2.24, 2.45) is 0 Å². The fourth-order valence-corrected chi connectivity index (χ4v) is 5.08. The van der Waals surface area contributed by atoms with E-state index >= 15 is 4.39 Å². The number of hydrogen-bond acceptors (Lipinski definition) is 5. The van der Waals surface area contributed by atoms with Gasteiger partial charge >= 0.3 is 0 Å². The van der Waals surface area contributed by atoms with E-state index in [0.717, 1.165) is 72.6 Å². The third-order valence-corrected chi connectivity index (χ3v) is 7.24. The van der Waals surface area contributed by atoms with Crippen molar-refractivity contribution < 1.29 is 13.5 Å². The number of alkyl halides is 2. The molecule has 186 valence electrons. The maximum absolute atomic E-state index is 15.1. The average molecular weight is 481 g/mol. The summed E-state index contributed by atoms with van der Waals surface area (Å²) in [4.78, 5) is 14.0. The van der Waals surface area contributed by atoms with E-state index in [1.54, 1.807) is 0 Å². The Balaban J connectivity index is 1.44. The molecule has 5 nitrogen and oxygen atoms in total. The van der Waals surface area contributed by atoms with Crippen LogP contribution >= 0.6 is 0 Å². The molecule has 0 bridgehead atoms. The molecule has 35 heavy (non-hydrogen) atoms. The van der Waals surface area contributed by atoms with Crippen molar-refractivity contribution in [1.29, 1.82) is 0 Å². The first-order valence-electron chi connectivity index (χ1n) is 12.8. The highest BCUT2D eigenvalue weighted by molar-refractivity contribution is 5.92. The predicted molar refractivity (Wildman–Crippen MR) is 137 cm³/mol. The van der Waals surface area contributed by atoms with Gasteiger partial charge in [0.15, 0.2) is 11.5 Å². The molecule has 0 radical (unpaired) electrons. The van der Waals surface area contributed by atoms with Gasteiger partial charge in [-0.1, -0.05) is 25.1 Å². The third kappa shape index (κ3) is 4.91. The van der Waals surface area contributed by atoms with Gasteiger partial charge in [0.05, 0.1) is 5.52 Å². The molecule has 0 unspecified atom stereocenters. The van der Waals surface area contributed by atoms with Crippen LogP contribution in [0.5, 0.6) is 5.75 Å². The molecule has 1 saturated carbocycles. The molecule has 0 spiro atoms. The average Bonchev–Trinajstić information content (AvgIpc) is 3.65. The number of rotatable bonds is 9. The number of para-hydroxylation sites is 1. The highest BCUT2D eigenvalue weighted by Crippen LogP contribution is 2.49. The van der Waals surface area contributed by atoms with E-state index in [4.69, 9.17) is 9.72 Å². The molecule has 1 aliphatic carbocycles. The zero-order valence-corrected chi connectivity index (χ0v) is 20.6. The van der Waals surface area contributed by atoms with Crippen LogP contribution in [-0.2, 0) is 5.67 Å². The first-order valence-corrected chi connectivity index (χ1v) is 12.8.